The zero-order chi connectivity index (χ0) is 12.3. The molecule has 1 atom stereocenters. The first-order valence-corrected chi connectivity index (χ1v) is 5.94. The monoisotopic (exact) mass is 236 g/mol. The summed E-state index contributed by atoms with van der Waals surface area (Å²) in [5, 5.41) is 6.04. The van der Waals surface area contributed by atoms with E-state index in [0.717, 1.165) is 24.9 Å². The van der Waals surface area contributed by atoms with Crippen LogP contribution in [0.1, 0.15) is 28.8 Å². The van der Waals surface area contributed by atoms with Crippen molar-refractivity contribution < 1.29 is 9.18 Å². The second kappa shape index (κ2) is 5.27. The van der Waals surface area contributed by atoms with Crippen LogP contribution >= 0.6 is 0 Å². The summed E-state index contributed by atoms with van der Waals surface area (Å²) in [6.07, 6.45) is 2.20. The van der Waals surface area contributed by atoms with E-state index in [1.165, 1.54) is 12.1 Å². The van der Waals surface area contributed by atoms with E-state index >= 15 is 0 Å². The van der Waals surface area contributed by atoms with Crippen LogP contribution in [0.15, 0.2) is 18.2 Å². The van der Waals surface area contributed by atoms with Gasteiger partial charge in [0.05, 0.1) is 5.56 Å². The normalized spacial score (nSPS) is 19.3. The van der Waals surface area contributed by atoms with Crippen molar-refractivity contribution in [2.45, 2.75) is 25.8 Å². The average molecular weight is 236 g/mol. The van der Waals surface area contributed by atoms with Gasteiger partial charge in [-0.05, 0) is 44.0 Å². The first kappa shape index (κ1) is 12.0. The molecule has 0 saturated carbocycles. The van der Waals surface area contributed by atoms with Gasteiger partial charge in [-0.2, -0.15) is 0 Å². The van der Waals surface area contributed by atoms with E-state index in [9.17, 15) is 9.18 Å². The largest absolute Gasteiger partial charge is 0.350 e. The molecule has 1 heterocycles. The summed E-state index contributed by atoms with van der Waals surface area (Å²) in [5.41, 5.74) is 0.935. The number of amides is 1. The second-order valence-corrected chi connectivity index (χ2v) is 4.49. The molecule has 0 bridgehead atoms. The molecule has 3 nitrogen and oxygen atoms in total. The standard InChI is InChI=1S/C13H17FN2O/c1-9-4-5-11(12(14)7-9)13(17)16-8-10-3-2-6-15-10/h4-5,7,10,15H,2-3,6,8H2,1H3,(H,16,17). The summed E-state index contributed by atoms with van der Waals surface area (Å²) in [7, 11) is 0. The number of rotatable bonds is 3. The van der Waals surface area contributed by atoms with Gasteiger partial charge in [0, 0.05) is 12.6 Å². The first-order valence-electron chi connectivity index (χ1n) is 5.94. The molecule has 1 saturated heterocycles. The maximum Gasteiger partial charge on any atom is 0.254 e. The lowest BCUT2D eigenvalue weighted by Gasteiger charge is -2.11. The molecule has 2 N–H and O–H groups in total. The van der Waals surface area contributed by atoms with Crippen molar-refractivity contribution >= 4 is 5.91 Å². The number of nitrogens with one attached hydrogen (secondary N) is 2. The van der Waals surface area contributed by atoms with E-state index in [0.29, 0.717) is 12.6 Å². The molecule has 4 heteroatoms. The maximum atomic E-state index is 13.5. The summed E-state index contributed by atoms with van der Waals surface area (Å²) in [6, 6.07) is 4.98. The van der Waals surface area contributed by atoms with Crippen molar-refractivity contribution in [3.8, 4) is 0 Å². The smallest absolute Gasteiger partial charge is 0.254 e. The molecule has 1 aliphatic heterocycles. The molecule has 17 heavy (non-hydrogen) atoms. The Morgan fingerprint density at radius 2 is 2.41 bits per heavy atom. The molecule has 1 amide bonds. The van der Waals surface area contributed by atoms with Gasteiger partial charge in [0.1, 0.15) is 5.82 Å². The number of hydrogen-bond donors (Lipinski definition) is 2. The molecule has 1 aromatic carbocycles. The number of halogens is 1. The Hall–Kier alpha value is -1.42. The van der Waals surface area contributed by atoms with Crippen molar-refractivity contribution in [3.05, 3.63) is 35.1 Å². The summed E-state index contributed by atoms with van der Waals surface area (Å²) < 4.78 is 13.5. The topological polar surface area (TPSA) is 41.1 Å². The SMILES string of the molecule is Cc1ccc(C(=O)NCC2CCCN2)c(F)c1. The average Bonchev–Trinajstić information content (AvgIpc) is 2.78. The highest BCUT2D eigenvalue weighted by molar-refractivity contribution is 5.94. The fourth-order valence-corrected chi connectivity index (χ4v) is 2.05. The molecular formula is C13H17FN2O. The zero-order valence-corrected chi connectivity index (χ0v) is 9.92. The van der Waals surface area contributed by atoms with E-state index in [1.807, 2.05) is 0 Å². The third-order valence-electron chi connectivity index (χ3n) is 3.04. The number of carbonyl (C=O) groups excluding carboxylic acids is 1. The van der Waals surface area contributed by atoms with Gasteiger partial charge in [-0.15, -0.1) is 0 Å². The fraction of sp³-hybridized carbons (Fsp3) is 0.462. The van der Waals surface area contributed by atoms with Crippen LogP contribution < -0.4 is 10.6 Å². The first-order chi connectivity index (χ1) is 8.16. The Morgan fingerprint density at radius 1 is 1.59 bits per heavy atom. The van der Waals surface area contributed by atoms with Crippen LogP contribution in [-0.4, -0.2) is 25.0 Å². The second-order valence-electron chi connectivity index (χ2n) is 4.49. The summed E-state index contributed by atoms with van der Waals surface area (Å²) in [4.78, 5) is 11.8. The molecule has 1 aliphatic rings. The number of carbonyl (C=O) groups is 1. The van der Waals surface area contributed by atoms with Crippen LogP contribution in [0.3, 0.4) is 0 Å². The highest BCUT2D eigenvalue weighted by Gasteiger charge is 2.16. The Kier molecular flexibility index (Phi) is 3.74. The Balaban J connectivity index is 1.94. The molecular weight excluding hydrogens is 219 g/mol. The van der Waals surface area contributed by atoms with Crippen LogP contribution in [0.5, 0.6) is 0 Å². The minimum absolute atomic E-state index is 0.119. The lowest BCUT2D eigenvalue weighted by Crippen LogP contribution is -2.37. The van der Waals surface area contributed by atoms with Crippen LogP contribution in [0, 0.1) is 12.7 Å². The number of hydrogen-bond acceptors (Lipinski definition) is 2. The lowest BCUT2D eigenvalue weighted by atomic mass is 10.1. The minimum Gasteiger partial charge on any atom is -0.350 e. The Labute approximate surface area is 100 Å². The molecule has 1 unspecified atom stereocenters. The number of aryl methyl sites for hydroxylation is 1. The van der Waals surface area contributed by atoms with Crippen molar-refractivity contribution in [3.63, 3.8) is 0 Å². The zero-order valence-electron chi connectivity index (χ0n) is 9.92. The Morgan fingerprint density at radius 3 is 3.06 bits per heavy atom. The van der Waals surface area contributed by atoms with Gasteiger partial charge < -0.3 is 10.6 Å². The van der Waals surface area contributed by atoms with E-state index < -0.39 is 5.82 Å². The van der Waals surface area contributed by atoms with Crippen LogP contribution in [0.2, 0.25) is 0 Å². The van der Waals surface area contributed by atoms with Crippen LogP contribution in [0.25, 0.3) is 0 Å². The van der Waals surface area contributed by atoms with Gasteiger partial charge in [-0.1, -0.05) is 6.07 Å². The highest BCUT2D eigenvalue weighted by atomic mass is 19.1. The van der Waals surface area contributed by atoms with Crippen LogP contribution in [0.4, 0.5) is 4.39 Å². The van der Waals surface area contributed by atoms with Crippen molar-refractivity contribution in [2.24, 2.45) is 0 Å². The third kappa shape index (κ3) is 3.03. The molecule has 0 aliphatic carbocycles. The minimum atomic E-state index is -0.457. The van der Waals surface area contributed by atoms with Crippen molar-refractivity contribution in [1.29, 1.82) is 0 Å². The molecule has 0 spiro atoms. The molecule has 1 aromatic rings. The summed E-state index contributed by atoms with van der Waals surface area (Å²) in [5.74, 6) is -0.793. The third-order valence-corrected chi connectivity index (χ3v) is 3.04. The quantitative estimate of drug-likeness (QED) is 0.837. The van der Waals surface area contributed by atoms with Crippen molar-refractivity contribution in [2.75, 3.05) is 13.1 Å². The summed E-state index contributed by atoms with van der Waals surface area (Å²) in [6.45, 7) is 3.36. The van der Waals surface area contributed by atoms with Gasteiger partial charge >= 0.3 is 0 Å². The molecule has 0 aromatic heterocycles. The molecule has 0 radical (unpaired) electrons. The van der Waals surface area contributed by atoms with Gasteiger partial charge in [-0.25, -0.2) is 4.39 Å². The van der Waals surface area contributed by atoms with Gasteiger partial charge in [0.2, 0.25) is 0 Å². The van der Waals surface area contributed by atoms with E-state index in [1.54, 1.807) is 13.0 Å². The molecule has 92 valence electrons. The van der Waals surface area contributed by atoms with E-state index in [2.05, 4.69) is 10.6 Å². The predicted molar refractivity (Wildman–Crippen MR) is 64.5 cm³/mol. The fourth-order valence-electron chi connectivity index (χ4n) is 2.05. The van der Waals surface area contributed by atoms with E-state index in [4.69, 9.17) is 0 Å². The van der Waals surface area contributed by atoms with Crippen LogP contribution in [-0.2, 0) is 0 Å². The predicted octanol–water partition coefficient (Wildman–Crippen LogP) is 1.62. The van der Waals surface area contributed by atoms with Gasteiger partial charge in [-0.3, -0.25) is 4.79 Å². The molecule has 2 rings (SSSR count). The summed E-state index contributed by atoms with van der Waals surface area (Å²) >= 11 is 0. The van der Waals surface area contributed by atoms with Gasteiger partial charge in [0.25, 0.3) is 5.91 Å². The number of benzene rings is 1. The maximum absolute atomic E-state index is 13.5. The van der Waals surface area contributed by atoms with E-state index in [-0.39, 0.29) is 11.5 Å². The van der Waals surface area contributed by atoms with Gasteiger partial charge in [0.15, 0.2) is 0 Å². The Bertz CT molecular complexity index is 414. The molecule has 1 fully saturated rings. The highest BCUT2D eigenvalue weighted by Crippen LogP contribution is 2.10. The van der Waals surface area contributed by atoms with Crippen molar-refractivity contribution in [1.82, 2.24) is 10.6 Å². The lowest BCUT2D eigenvalue weighted by molar-refractivity contribution is 0.0946.